The summed E-state index contributed by atoms with van der Waals surface area (Å²) in [5, 5.41) is 0.406. The first kappa shape index (κ1) is 17.8. The molecule has 0 aliphatic heterocycles. The Labute approximate surface area is 130 Å². The smallest absolute Gasteiger partial charge is 0.329 e. The Kier molecular flexibility index (Phi) is 6.04. The van der Waals surface area contributed by atoms with Crippen molar-refractivity contribution in [1.29, 1.82) is 0 Å². The van der Waals surface area contributed by atoms with E-state index in [0.717, 1.165) is 10.6 Å². The summed E-state index contributed by atoms with van der Waals surface area (Å²) in [7, 11) is -3.66. The number of hydrogen-bond donors (Lipinski definition) is 0. The summed E-state index contributed by atoms with van der Waals surface area (Å²) in [6.45, 7) is 5.38. The Hall–Kier alpha value is -1.27. The minimum atomic E-state index is -3.66. The second kappa shape index (κ2) is 7.13. The first-order valence-electron chi connectivity index (χ1n) is 6.64. The Balaban J connectivity index is 3.42. The van der Waals surface area contributed by atoms with Crippen LogP contribution in [0.3, 0.4) is 0 Å². The van der Waals surface area contributed by atoms with Gasteiger partial charge in [0.2, 0.25) is 10.0 Å². The molecule has 0 aliphatic rings. The highest BCUT2D eigenvalue weighted by molar-refractivity contribution is 7.92. The monoisotopic (exact) mass is 333 g/mol. The summed E-state index contributed by atoms with van der Waals surface area (Å²) in [5.41, 5.74) is 1.11. The topological polar surface area (TPSA) is 63.7 Å². The van der Waals surface area contributed by atoms with Crippen LogP contribution in [-0.4, -0.2) is 33.3 Å². The maximum absolute atomic E-state index is 12.2. The third-order valence-corrected chi connectivity index (χ3v) is 4.40. The molecule has 0 spiro atoms. The van der Waals surface area contributed by atoms with E-state index in [1.165, 1.54) is 0 Å². The maximum Gasteiger partial charge on any atom is 0.329 e. The van der Waals surface area contributed by atoms with Gasteiger partial charge in [0.1, 0.15) is 6.04 Å². The Bertz CT molecular complexity index is 615. The van der Waals surface area contributed by atoms with Crippen LogP contribution >= 0.6 is 11.6 Å². The average Bonchev–Trinajstić information content (AvgIpc) is 2.37. The zero-order valence-electron chi connectivity index (χ0n) is 12.6. The van der Waals surface area contributed by atoms with Gasteiger partial charge < -0.3 is 4.74 Å². The number of sulfonamides is 1. The lowest BCUT2D eigenvalue weighted by atomic mass is 10.1. The molecule has 1 aromatic rings. The van der Waals surface area contributed by atoms with Gasteiger partial charge in [0.15, 0.2) is 0 Å². The predicted octanol–water partition coefficient (Wildman–Crippen LogP) is 2.76. The van der Waals surface area contributed by atoms with Gasteiger partial charge in [0, 0.05) is 5.02 Å². The van der Waals surface area contributed by atoms with Crippen molar-refractivity contribution in [2.75, 3.05) is 17.2 Å². The van der Waals surface area contributed by atoms with E-state index in [9.17, 15) is 13.2 Å². The molecule has 1 atom stereocenters. The van der Waals surface area contributed by atoms with Crippen molar-refractivity contribution in [1.82, 2.24) is 0 Å². The van der Waals surface area contributed by atoms with Gasteiger partial charge in [-0.05, 0) is 38.0 Å². The second-order valence-corrected chi connectivity index (χ2v) is 6.96. The number of halogens is 1. The SMILES string of the molecule is CCOC(=O)C(CC)N(c1cc(Cl)ccc1C)S(C)(=O)=O. The highest BCUT2D eigenvalue weighted by atomic mass is 35.5. The van der Waals surface area contributed by atoms with Crippen molar-refractivity contribution in [3.8, 4) is 0 Å². The second-order valence-electron chi connectivity index (χ2n) is 4.67. The van der Waals surface area contributed by atoms with Crippen molar-refractivity contribution in [3.05, 3.63) is 28.8 Å². The molecule has 0 amide bonds. The van der Waals surface area contributed by atoms with Crippen molar-refractivity contribution >= 4 is 33.3 Å². The Morgan fingerprint density at radius 3 is 2.48 bits per heavy atom. The van der Waals surface area contributed by atoms with E-state index in [-0.39, 0.29) is 6.61 Å². The van der Waals surface area contributed by atoms with Crippen LogP contribution in [0, 0.1) is 6.92 Å². The van der Waals surface area contributed by atoms with Crippen LogP contribution in [0.15, 0.2) is 18.2 Å². The first-order valence-corrected chi connectivity index (χ1v) is 8.87. The molecule has 118 valence electrons. The van der Waals surface area contributed by atoms with Gasteiger partial charge in [-0.25, -0.2) is 13.2 Å². The molecule has 1 unspecified atom stereocenters. The maximum atomic E-state index is 12.2. The molecular weight excluding hydrogens is 314 g/mol. The number of anilines is 1. The lowest BCUT2D eigenvalue weighted by Crippen LogP contribution is -2.45. The largest absolute Gasteiger partial charge is 0.464 e. The number of nitrogens with zero attached hydrogens (tertiary/aromatic N) is 1. The normalized spacial score (nSPS) is 12.8. The molecule has 1 aromatic carbocycles. The average molecular weight is 334 g/mol. The fourth-order valence-corrected chi connectivity index (χ4v) is 3.48. The number of aryl methyl sites for hydroxylation is 1. The molecular formula is C14H20ClNO4S. The van der Waals surface area contributed by atoms with Gasteiger partial charge in [-0.3, -0.25) is 4.31 Å². The summed E-state index contributed by atoms with van der Waals surface area (Å²) in [4.78, 5) is 12.1. The van der Waals surface area contributed by atoms with Crippen LogP contribution in [0.4, 0.5) is 5.69 Å². The van der Waals surface area contributed by atoms with Crippen molar-refractivity contribution in [2.45, 2.75) is 33.2 Å². The molecule has 21 heavy (non-hydrogen) atoms. The molecule has 0 N–H and O–H groups in total. The lowest BCUT2D eigenvalue weighted by Gasteiger charge is -2.30. The number of carbonyl (C=O) groups is 1. The first-order chi connectivity index (χ1) is 9.72. The summed E-state index contributed by atoms with van der Waals surface area (Å²) >= 11 is 5.96. The predicted molar refractivity (Wildman–Crippen MR) is 84.2 cm³/mol. The van der Waals surface area contributed by atoms with Crippen LogP contribution < -0.4 is 4.31 Å². The molecule has 1 rings (SSSR count). The summed E-state index contributed by atoms with van der Waals surface area (Å²) in [5.74, 6) is -0.565. The van der Waals surface area contributed by atoms with E-state index in [1.807, 2.05) is 0 Å². The van der Waals surface area contributed by atoms with Crippen molar-refractivity contribution < 1.29 is 17.9 Å². The quantitative estimate of drug-likeness (QED) is 0.751. The van der Waals surface area contributed by atoms with Gasteiger partial charge in [-0.1, -0.05) is 24.6 Å². The molecule has 0 saturated heterocycles. The number of rotatable bonds is 6. The highest BCUT2D eigenvalue weighted by Gasteiger charge is 2.33. The van der Waals surface area contributed by atoms with Gasteiger partial charge >= 0.3 is 5.97 Å². The fourth-order valence-electron chi connectivity index (χ4n) is 2.06. The number of benzene rings is 1. The number of hydrogen-bond acceptors (Lipinski definition) is 4. The van der Waals surface area contributed by atoms with Crippen LogP contribution in [0.1, 0.15) is 25.8 Å². The Morgan fingerprint density at radius 1 is 1.38 bits per heavy atom. The van der Waals surface area contributed by atoms with E-state index in [2.05, 4.69) is 0 Å². The summed E-state index contributed by atoms with van der Waals surface area (Å²) in [6.07, 6.45) is 1.37. The van der Waals surface area contributed by atoms with E-state index in [1.54, 1.807) is 39.0 Å². The standard InChI is InChI=1S/C14H20ClNO4S/c1-5-12(14(17)20-6-2)16(21(4,18)19)13-9-11(15)8-7-10(13)3/h7-9,12H,5-6H2,1-4H3. The molecule has 0 fully saturated rings. The van der Waals surface area contributed by atoms with E-state index in [4.69, 9.17) is 16.3 Å². The molecule has 0 radical (unpaired) electrons. The van der Waals surface area contributed by atoms with Crippen molar-refractivity contribution in [3.63, 3.8) is 0 Å². The molecule has 7 heteroatoms. The summed E-state index contributed by atoms with van der Waals surface area (Å²) < 4.78 is 30.4. The molecule has 0 heterocycles. The fraction of sp³-hybridized carbons (Fsp3) is 0.500. The van der Waals surface area contributed by atoms with E-state index < -0.39 is 22.0 Å². The third-order valence-electron chi connectivity index (χ3n) is 2.99. The number of carbonyl (C=O) groups excluding carboxylic acids is 1. The minimum Gasteiger partial charge on any atom is -0.464 e. The van der Waals surface area contributed by atoms with Crippen LogP contribution in [0.5, 0.6) is 0 Å². The molecule has 0 aromatic heterocycles. The molecule has 5 nitrogen and oxygen atoms in total. The zero-order valence-corrected chi connectivity index (χ0v) is 14.2. The van der Waals surface area contributed by atoms with Crippen LogP contribution in [0.2, 0.25) is 5.02 Å². The highest BCUT2D eigenvalue weighted by Crippen LogP contribution is 2.29. The third kappa shape index (κ3) is 4.35. The zero-order chi connectivity index (χ0) is 16.2. The molecule has 0 bridgehead atoms. The molecule has 0 aliphatic carbocycles. The number of ether oxygens (including phenoxy) is 1. The van der Waals surface area contributed by atoms with E-state index >= 15 is 0 Å². The minimum absolute atomic E-state index is 0.196. The van der Waals surface area contributed by atoms with Crippen LogP contribution in [-0.2, 0) is 19.6 Å². The van der Waals surface area contributed by atoms with Crippen LogP contribution in [0.25, 0.3) is 0 Å². The summed E-state index contributed by atoms with van der Waals surface area (Å²) in [6, 6.07) is 4.02. The van der Waals surface area contributed by atoms with Gasteiger partial charge in [0.25, 0.3) is 0 Å². The van der Waals surface area contributed by atoms with Gasteiger partial charge in [-0.15, -0.1) is 0 Å². The van der Waals surface area contributed by atoms with Gasteiger partial charge in [-0.2, -0.15) is 0 Å². The van der Waals surface area contributed by atoms with E-state index in [0.29, 0.717) is 22.7 Å². The van der Waals surface area contributed by atoms with Gasteiger partial charge in [0.05, 0.1) is 18.6 Å². The van der Waals surface area contributed by atoms with Crippen molar-refractivity contribution in [2.24, 2.45) is 0 Å². The Morgan fingerprint density at radius 2 is 2.00 bits per heavy atom. The molecule has 0 saturated carbocycles. The number of esters is 1. The lowest BCUT2D eigenvalue weighted by molar-refractivity contribution is -0.144.